The molecule has 3 aromatic rings. The van der Waals surface area contributed by atoms with Crippen LogP contribution in [0.2, 0.25) is 5.02 Å². The van der Waals surface area contributed by atoms with Gasteiger partial charge in [-0.3, -0.25) is 4.79 Å². The Kier molecular flexibility index (Phi) is 6.38. The Labute approximate surface area is 182 Å². The van der Waals surface area contributed by atoms with Crippen molar-refractivity contribution in [3.8, 4) is 0 Å². The van der Waals surface area contributed by atoms with Gasteiger partial charge in [0, 0.05) is 17.1 Å². The van der Waals surface area contributed by atoms with E-state index in [0.29, 0.717) is 10.6 Å². The normalized spacial score (nSPS) is 13.1. The van der Waals surface area contributed by atoms with Gasteiger partial charge < -0.3 is 9.73 Å². The van der Waals surface area contributed by atoms with Gasteiger partial charge in [-0.05, 0) is 59.5 Å². The molecule has 5 nitrogen and oxygen atoms in total. The number of benzene rings is 2. The number of furan rings is 1. The van der Waals surface area contributed by atoms with E-state index in [1.807, 2.05) is 12.1 Å². The minimum Gasteiger partial charge on any atom is -0.468 e. The zero-order valence-corrected chi connectivity index (χ0v) is 18.6. The van der Waals surface area contributed by atoms with E-state index in [4.69, 9.17) is 16.0 Å². The predicted molar refractivity (Wildman–Crippen MR) is 118 cm³/mol. The molecule has 1 aromatic heterocycles. The summed E-state index contributed by atoms with van der Waals surface area (Å²) in [5.74, 6) is -0.0911. The molecule has 0 radical (unpaired) electrons. The number of carbonyl (C=O) groups is 1. The van der Waals surface area contributed by atoms with Crippen LogP contribution in [0.5, 0.6) is 0 Å². The molecule has 2 aromatic carbocycles. The van der Waals surface area contributed by atoms with Gasteiger partial charge in [-0.1, -0.05) is 44.5 Å². The van der Waals surface area contributed by atoms with Gasteiger partial charge in [0.05, 0.1) is 11.2 Å². The van der Waals surface area contributed by atoms with Gasteiger partial charge in [0.2, 0.25) is 0 Å². The van der Waals surface area contributed by atoms with E-state index >= 15 is 0 Å². The Morgan fingerprint density at radius 1 is 1.03 bits per heavy atom. The average Bonchev–Trinajstić information content (AvgIpc) is 3.22. The molecule has 1 atom stereocenters. The molecule has 0 aliphatic rings. The smallest absolute Gasteiger partial charge is 0.251 e. The second kappa shape index (κ2) is 8.66. The molecule has 0 saturated carbocycles. The lowest BCUT2D eigenvalue weighted by Gasteiger charge is -2.19. The number of amides is 1. The molecule has 1 N–H and O–H groups in total. The van der Waals surface area contributed by atoms with Crippen molar-refractivity contribution in [2.75, 3.05) is 6.54 Å². The molecule has 158 valence electrons. The molecule has 0 aliphatic carbocycles. The molecule has 0 aliphatic heterocycles. The van der Waals surface area contributed by atoms with Crippen LogP contribution in [0.25, 0.3) is 0 Å². The monoisotopic (exact) mass is 445 g/mol. The minimum absolute atomic E-state index is 0.0218. The van der Waals surface area contributed by atoms with E-state index in [9.17, 15) is 13.2 Å². The number of hydrogen-bond acceptors (Lipinski definition) is 4. The van der Waals surface area contributed by atoms with Gasteiger partial charge in [0.1, 0.15) is 11.0 Å². The fraction of sp³-hybridized carbons (Fsp3) is 0.261. The Balaban J connectivity index is 1.81. The zero-order chi connectivity index (χ0) is 21.9. The van der Waals surface area contributed by atoms with E-state index in [-0.39, 0.29) is 28.5 Å². The third-order valence-corrected chi connectivity index (χ3v) is 7.17. The van der Waals surface area contributed by atoms with Crippen LogP contribution < -0.4 is 5.32 Å². The maximum Gasteiger partial charge on any atom is 0.251 e. The van der Waals surface area contributed by atoms with E-state index < -0.39 is 15.1 Å². The van der Waals surface area contributed by atoms with E-state index in [1.165, 1.54) is 30.5 Å². The summed E-state index contributed by atoms with van der Waals surface area (Å²) in [5, 5.41) is 2.11. The number of sulfone groups is 1. The summed E-state index contributed by atoms with van der Waals surface area (Å²) >= 11 is 5.88. The first kappa shape index (κ1) is 22.1. The van der Waals surface area contributed by atoms with Gasteiger partial charge in [0.25, 0.3) is 5.91 Å². The number of hydrogen-bond donors (Lipinski definition) is 1. The van der Waals surface area contributed by atoms with Gasteiger partial charge in [0.15, 0.2) is 9.84 Å². The minimum atomic E-state index is -3.81. The van der Waals surface area contributed by atoms with Crippen LogP contribution in [0.15, 0.2) is 76.2 Å². The highest BCUT2D eigenvalue weighted by Crippen LogP contribution is 2.30. The van der Waals surface area contributed by atoms with Crippen LogP contribution in [0.3, 0.4) is 0 Å². The first-order chi connectivity index (χ1) is 14.1. The van der Waals surface area contributed by atoms with E-state index in [2.05, 4.69) is 26.1 Å². The van der Waals surface area contributed by atoms with Crippen molar-refractivity contribution in [2.45, 2.75) is 36.3 Å². The quantitative estimate of drug-likeness (QED) is 0.567. The van der Waals surface area contributed by atoms with E-state index in [0.717, 1.165) is 5.56 Å². The Morgan fingerprint density at radius 3 is 2.20 bits per heavy atom. The molecule has 0 spiro atoms. The second-order valence-electron chi connectivity index (χ2n) is 8.04. The number of rotatable bonds is 6. The maximum absolute atomic E-state index is 13.2. The van der Waals surface area contributed by atoms with Crippen molar-refractivity contribution >= 4 is 27.3 Å². The van der Waals surface area contributed by atoms with Crippen LogP contribution >= 0.6 is 11.6 Å². The number of carbonyl (C=O) groups excluding carboxylic acids is 1. The first-order valence-corrected chi connectivity index (χ1v) is 11.4. The molecule has 0 unspecified atom stereocenters. The van der Waals surface area contributed by atoms with Crippen LogP contribution in [0.4, 0.5) is 0 Å². The van der Waals surface area contributed by atoms with Crippen molar-refractivity contribution in [3.63, 3.8) is 0 Å². The van der Waals surface area contributed by atoms with Gasteiger partial charge in [-0.15, -0.1) is 0 Å². The van der Waals surface area contributed by atoms with Crippen LogP contribution in [0.1, 0.15) is 47.7 Å². The summed E-state index contributed by atoms with van der Waals surface area (Å²) in [7, 11) is -3.81. The van der Waals surface area contributed by atoms with Gasteiger partial charge in [-0.25, -0.2) is 8.42 Å². The Bertz CT molecular complexity index is 1100. The second-order valence-corrected chi connectivity index (χ2v) is 10.6. The topological polar surface area (TPSA) is 76.4 Å². The molecule has 7 heteroatoms. The Morgan fingerprint density at radius 2 is 1.67 bits per heavy atom. The van der Waals surface area contributed by atoms with Gasteiger partial charge >= 0.3 is 0 Å². The highest BCUT2D eigenvalue weighted by molar-refractivity contribution is 7.91. The van der Waals surface area contributed by atoms with E-state index in [1.54, 1.807) is 24.3 Å². The maximum atomic E-state index is 13.2. The standard InChI is InChI=1S/C23H24ClNO4S/c1-23(2,3)17-8-6-16(7-9-17)22(26)25-15-21(20-5-4-14-29-20)30(27,28)19-12-10-18(24)11-13-19/h4-14,21H,15H2,1-3H3,(H,25,26)/t21-/m0/s1. The molecule has 0 bridgehead atoms. The molecule has 3 rings (SSSR count). The Hall–Kier alpha value is -2.57. The summed E-state index contributed by atoms with van der Waals surface area (Å²) in [6.07, 6.45) is 1.41. The number of halogens is 1. The van der Waals surface area contributed by atoms with Crippen LogP contribution in [-0.2, 0) is 15.3 Å². The molecule has 0 saturated heterocycles. The first-order valence-electron chi connectivity index (χ1n) is 9.50. The van der Waals surface area contributed by atoms with Crippen molar-refractivity contribution in [1.29, 1.82) is 0 Å². The lowest BCUT2D eigenvalue weighted by Crippen LogP contribution is -2.31. The highest BCUT2D eigenvalue weighted by Gasteiger charge is 2.32. The summed E-state index contributed by atoms with van der Waals surface area (Å²) in [6, 6.07) is 16.4. The average molecular weight is 446 g/mol. The van der Waals surface area contributed by atoms with Crippen molar-refractivity contribution in [1.82, 2.24) is 5.32 Å². The molecular formula is C23H24ClNO4S. The molecule has 1 amide bonds. The highest BCUT2D eigenvalue weighted by atomic mass is 35.5. The fourth-order valence-corrected chi connectivity index (χ4v) is 4.75. The fourth-order valence-electron chi connectivity index (χ4n) is 3.04. The van der Waals surface area contributed by atoms with Gasteiger partial charge in [-0.2, -0.15) is 0 Å². The molecular weight excluding hydrogens is 422 g/mol. The molecule has 30 heavy (non-hydrogen) atoms. The lowest BCUT2D eigenvalue weighted by atomic mass is 9.87. The zero-order valence-electron chi connectivity index (χ0n) is 17.1. The van der Waals surface area contributed by atoms with Crippen LogP contribution in [-0.4, -0.2) is 20.9 Å². The van der Waals surface area contributed by atoms with Crippen molar-refractivity contribution < 1.29 is 17.6 Å². The summed E-state index contributed by atoms with van der Waals surface area (Å²) in [6.45, 7) is 6.16. The summed E-state index contributed by atoms with van der Waals surface area (Å²) < 4.78 is 31.7. The third kappa shape index (κ3) is 4.94. The lowest BCUT2D eigenvalue weighted by molar-refractivity contribution is 0.0953. The van der Waals surface area contributed by atoms with Crippen molar-refractivity contribution in [2.24, 2.45) is 0 Å². The largest absolute Gasteiger partial charge is 0.468 e. The SMILES string of the molecule is CC(C)(C)c1ccc(C(=O)NC[C@@H](c2ccco2)S(=O)(=O)c2ccc(Cl)cc2)cc1. The molecule has 1 heterocycles. The van der Waals surface area contributed by atoms with Crippen molar-refractivity contribution in [3.05, 3.63) is 88.8 Å². The third-order valence-electron chi connectivity index (χ3n) is 4.84. The predicted octanol–water partition coefficient (Wildman–Crippen LogP) is 5.18. The number of nitrogens with one attached hydrogen (secondary N) is 1. The molecule has 0 fully saturated rings. The van der Waals surface area contributed by atoms with Crippen LogP contribution in [0, 0.1) is 0 Å². The summed E-state index contributed by atoms with van der Waals surface area (Å²) in [5.41, 5.74) is 1.55. The summed E-state index contributed by atoms with van der Waals surface area (Å²) in [4.78, 5) is 12.7.